The molecule has 0 spiro atoms. The number of ether oxygens (including phenoxy) is 1. The first-order valence-corrected chi connectivity index (χ1v) is 10.2. The van der Waals surface area contributed by atoms with Crippen LogP contribution in [0.15, 0.2) is 17.4 Å². The predicted octanol–water partition coefficient (Wildman–Crippen LogP) is 1.39. The van der Waals surface area contributed by atoms with Crippen molar-refractivity contribution in [3.63, 3.8) is 0 Å². The van der Waals surface area contributed by atoms with Crippen LogP contribution in [-0.2, 0) is 11.3 Å². The number of H-pyrrole nitrogens is 1. The largest absolute Gasteiger partial charge is 0.376 e. The Balaban J connectivity index is 1.33. The van der Waals surface area contributed by atoms with Crippen LogP contribution in [0, 0.1) is 0 Å². The fraction of sp³-hybridized carbons (Fsp3) is 0.588. The van der Waals surface area contributed by atoms with Crippen LogP contribution < -0.4 is 0 Å². The molecule has 0 saturated carbocycles. The monoisotopic (exact) mass is 390 g/mol. The van der Waals surface area contributed by atoms with Crippen LogP contribution in [0.5, 0.6) is 0 Å². The van der Waals surface area contributed by atoms with Crippen LogP contribution in [0.3, 0.4) is 0 Å². The van der Waals surface area contributed by atoms with Crippen molar-refractivity contribution >= 4 is 23.5 Å². The standard InChI is InChI=1S/C17H22N6O3S/c24-15(12-8-14(18-9-12)16(25)22-5-1-2-6-22)11-27-17-19-20-21-23(17)10-13-4-3-7-26-13/h8-9,13,18H,1-7,10-11H2. The van der Waals surface area contributed by atoms with Crippen LogP contribution >= 0.6 is 11.8 Å². The van der Waals surface area contributed by atoms with Crippen molar-refractivity contribution in [1.82, 2.24) is 30.1 Å². The molecule has 4 heterocycles. The fourth-order valence-electron chi connectivity index (χ4n) is 3.38. The number of carbonyl (C=O) groups excluding carboxylic acids is 2. The number of amides is 1. The highest BCUT2D eigenvalue weighted by Gasteiger charge is 2.23. The van der Waals surface area contributed by atoms with E-state index < -0.39 is 0 Å². The summed E-state index contributed by atoms with van der Waals surface area (Å²) < 4.78 is 7.30. The number of tetrazole rings is 1. The SMILES string of the molecule is O=C(CSc1nnnn1CC1CCCO1)c1c[nH]c(C(=O)N2CCCC2)c1. The molecule has 2 aliphatic heterocycles. The summed E-state index contributed by atoms with van der Waals surface area (Å²) in [4.78, 5) is 29.6. The number of nitrogens with one attached hydrogen (secondary N) is 1. The smallest absolute Gasteiger partial charge is 0.270 e. The number of nitrogens with zero attached hydrogens (tertiary/aromatic N) is 5. The second-order valence-corrected chi connectivity index (χ2v) is 7.73. The van der Waals surface area contributed by atoms with Crippen LogP contribution in [0.1, 0.15) is 46.5 Å². The number of hydrogen-bond acceptors (Lipinski definition) is 7. The summed E-state index contributed by atoms with van der Waals surface area (Å²) in [5.74, 6) is 0.101. The van der Waals surface area contributed by atoms with Gasteiger partial charge in [-0.25, -0.2) is 4.68 Å². The maximum Gasteiger partial charge on any atom is 0.270 e. The number of rotatable bonds is 7. The minimum Gasteiger partial charge on any atom is -0.376 e. The van der Waals surface area contributed by atoms with Gasteiger partial charge >= 0.3 is 0 Å². The zero-order valence-electron chi connectivity index (χ0n) is 15.0. The Morgan fingerprint density at radius 3 is 2.93 bits per heavy atom. The molecule has 2 fully saturated rings. The summed E-state index contributed by atoms with van der Waals surface area (Å²) in [5.41, 5.74) is 0.969. The molecular weight excluding hydrogens is 368 g/mol. The number of thioether (sulfide) groups is 1. The highest BCUT2D eigenvalue weighted by atomic mass is 32.2. The average molecular weight is 390 g/mol. The number of ketones is 1. The van der Waals surface area contributed by atoms with Gasteiger partial charge in [-0.3, -0.25) is 9.59 Å². The number of aromatic nitrogens is 5. The third-order valence-electron chi connectivity index (χ3n) is 4.86. The van der Waals surface area contributed by atoms with Crippen molar-refractivity contribution < 1.29 is 14.3 Å². The van der Waals surface area contributed by atoms with E-state index in [0.717, 1.165) is 45.4 Å². The molecular formula is C17H22N6O3S. The Morgan fingerprint density at radius 2 is 2.15 bits per heavy atom. The van der Waals surface area contributed by atoms with E-state index in [1.54, 1.807) is 16.9 Å². The van der Waals surface area contributed by atoms with Gasteiger partial charge in [0.1, 0.15) is 5.69 Å². The number of aromatic amines is 1. The van der Waals surface area contributed by atoms with Gasteiger partial charge in [0.2, 0.25) is 5.16 Å². The first-order chi connectivity index (χ1) is 13.2. The first kappa shape index (κ1) is 18.2. The molecule has 144 valence electrons. The third-order valence-corrected chi connectivity index (χ3v) is 5.82. The molecule has 1 unspecified atom stereocenters. The lowest BCUT2D eigenvalue weighted by Gasteiger charge is -2.13. The lowest BCUT2D eigenvalue weighted by atomic mass is 10.2. The van der Waals surface area contributed by atoms with Crippen LogP contribution in [0.4, 0.5) is 0 Å². The molecule has 4 rings (SSSR count). The van der Waals surface area contributed by atoms with Gasteiger partial charge in [0.05, 0.1) is 18.4 Å². The molecule has 2 aromatic heterocycles. The molecule has 9 nitrogen and oxygen atoms in total. The summed E-state index contributed by atoms with van der Waals surface area (Å²) in [6.07, 6.45) is 5.86. The van der Waals surface area contributed by atoms with Gasteiger partial charge in [0.25, 0.3) is 5.91 Å². The highest BCUT2D eigenvalue weighted by molar-refractivity contribution is 7.99. The van der Waals surface area contributed by atoms with Crippen molar-refractivity contribution in [2.45, 2.75) is 43.5 Å². The molecule has 10 heteroatoms. The van der Waals surface area contributed by atoms with Gasteiger partial charge in [0.15, 0.2) is 5.78 Å². The summed E-state index contributed by atoms with van der Waals surface area (Å²) in [5, 5.41) is 12.3. The Hall–Kier alpha value is -2.20. The summed E-state index contributed by atoms with van der Waals surface area (Å²) in [6, 6.07) is 1.64. The van der Waals surface area contributed by atoms with Gasteiger partial charge in [-0.05, 0) is 42.2 Å². The van der Waals surface area contributed by atoms with E-state index in [9.17, 15) is 9.59 Å². The van der Waals surface area contributed by atoms with E-state index in [1.165, 1.54) is 11.8 Å². The molecule has 2 aliphatic rings. The van der Waals surface area contributed by atoms with Crippen molar-refractivity contribution in [2.24, 2.45) is 0 Å². The van der Waals surface area contributed by atoms with E-state index in [2.05, 4.69) is 20.5 Å². The Labute approximate surface area is 160 Å². The molecule has 2 aromatic rings. The van der Waals surface area contributed by atoms with Crippen LogP contribution in [0.2, 0.25) is 0 Å². The molecule has 27 heavy (non-hydrogen) atoms. The van der Waals surface area contributed by atoms with E-state index in [-0.39, 0.29) is 23.5 Å². The molecule has 0 aliphatic carbocycles. The van der Waals surface area contributed by atoms with Crippen molar-refractivity contribution in [3.8, 4) is 0 Å². The van der Waals surface area contributed by atoms with Crippen LogP contribution in [-0.4, -0.2) is 73.3 Å². The summed E-state index contributed by atoms with van der Waals surface area (Å²) >= 11 is 1.30. The van der Waals surface area contributed by atoms with Gasteiger partial charge in [-0.1, -0.05) is 11.8 Å². The number of Topliss-reactive ketones (excluding diaryl/α,β-unsaturated/α-hetero) is 1. The maximum atomic E-state index is 12.5. The second kappa shape index (κ2) is 8.22. The van der Waals surface area contributed by atoms with E-state index >= 15 is 0 Å². The zero-order chi connectivity index (χ0) is 18.6. The predicted molar refractivity (Wildman–Crippen MR) is 97.8 cm³/mol. The van der Waals surface area contributed by atoms with Crippen molar-refractivity contribution in [1.29, 1.82) is 0 Å². The molecule has 1 amide bonds. The molecule has 0 radical (unpaired) electrons. The molecule has 0 aromatic carbocycles. The van der Waals surface area contributed by atoms with Crippen LogP contribution in [0.25, 0.3) is 0 Å². The lowest BCUT2D eigenvalue weighted by molar-refractivity contribution is 0.0787. The average Bonchev–Trinajstić information content (AvgIpc) is 3.48. The minimum atomic E-state index is -0.0663. The second-order valence-electron chi connectivity index (χ2n) is 6.79. The van der Waals surface area contributed by atoms with E-state index in [0.29, 0.717) is 23.0 Å². The topological polar surface area (TPSA) is 106 Å². The number of carbonyl (C=O) groups is 2. The maximum absolute atomic E-state index is 12.5. The Bertz CT molecular complexity index is 807. The highest BCUT2D eigenvalue weighted by Crippen LogP contribution is 2.20. The number of likely N-dealkylation sites (tertiary alicyclic amines) is 1. The third kappa shape index (κ3) is 4.22. The normalized spacial score (nSPS) is 19.7. The van der Waals surface area contributed by atoms with Gasteiger partial charge < -0.3 is 14.6 Å². The minimum absolute atomic E-state index is 0.0419. The summed E-state index contributed by atoms with van der Waals surface area (Å²) in [6.45, 7) is 2.94. The number of hydrogen-bond donors (Lipinski definition) is 1. The lowest BCUT2D eigenvalue weighted by Crippen LogP contribution is -2.27. The summed E-state index contributed by atoms with van der Waals surface area (Å²) in [7, 11) is 0. The van der Waals surface area contributed by atoms with Gasteiger partial charge in [-0.2, -0.15) is 0 Å². The molecule has 0 bridgehead atoms. The van der Waals surface area contributed by atoms with Gasteiger partial charge in [0, 0.05) is 31.5 Å². The molecule has 1 N–H and O–H groups in total. The quantitative estimate of drug-likeness (QED) is 0.562. The Morgan fingerprint density at radius 1 is 1.30 bits per heavy atom. The van der Waals surface area contributed by atoms with E-state index in [1.807, 2.05) is 4.90 Å². The van der Waals surface area contributed by atoms with Crippen molar-refractivity contribution in [2.75, 3.05) is 25.4 Å². The molecule has 2 saturated heterocycles. The van der Waals surface area contributed by atoms with E-state index in [4.69, 9.17) is 4.74 Å². The Kier molecular flexibility index (Phi) is 5.53. The molecule has 1 atom stereocenters. The first-order valence-electron chi connectivity index (χ1n) is 9.22. The zero-order valence-corrected chi connectivity index (χ0v) is 15.8. The fourth-order valence-corrected chi connectivity index (χ4v) is 4.16. The van der Waals surface area contributed by atoms with Gasteiger partial charge in [-0.15, -0.1) is 5.10 Å². The van der Waals surface area contributed by atoms with Crippen molar-refractivity contribution in [3.05, 3.63) is 23.5 Å².